The second-order valence-corrected chi connectivity index (χ2v) is 7.83. The number of aryl methyl sites for hydroxylation is 3. The van der Waals surface area contributed by atoms with E-state index in [1.807, 2.05) is 63.2 Å². The van der Waals surface area contributed by atoms with Gasteiger partial charge in [-0.3, -0.25) is 4.79 Å². The summed E-state index contributed by atoms with van der Waals surface area (Å²) in [4.78, 5) is 16.0. The number of benzene rings is 2. The van der Waals surface area contributed by atoms with Crippen LogP contribution in [0.2, 0.25) is 0 Å². The quantitative estimate of drug-likeness (QED) is 0.342. The number of nitrogens with one attached hydrogen (secondary N) is 1. The van der Waals surface area contributed by atoms with Crippen LogP contribution in [0.4, 0.5) is 0 Å². The van der Waals surface area contributed by atoms with Crippen molar-refractivity contribution in [3.05, 3.63) is 70.7 Å². The van der Waals surface area contributed by atoms with Gasteiger partial charge in [-0.05, 0) is 44.0 Å². The normalized spacial score (nSPS) is 11.1. The first-order valence-electron chi connectivity index (χ1n) is 9.27. The van der Waals surface area contributed by atoms with Crippen molar-refractivity contribution in [2.45, 2.75) is 32.6 Å². The van der Waals surface area contributed by atoms with Crippen molar-refractivity contribution in [1.29, 1.82) is 0 Å². The summed E-state index contributed by atoms with van der Waals surface area (Å²) in [5.74, 6) is 1.42. The third-order valence-electron chi connectivity index (χ3n) is 4.64. The van der Waals surface area contributed by atoms with E-state index in [1.54, 1.807) is 0 Å². The Morgan fingerprint density at radius 3 is 2.83 bits per heavy atom. The lowest BCUT2D eigenvalue weighted by atomic mass is 10.1. The van der Waals surface area contributed by atoms with Crippen LogP contribution >= 0.6 is 11.8 Å². The molecule has 0 unspecified atom stereocenters. The van der Waals surface area contributed by atoms with Crippen molar-refractivity contribution in [1.82, 2.24) is 15.2 Å². The highest BCUT2D eigenvalue weighted by Crippen LogP contribution is 2.26. The number of ether oxygens (including phenoxy) is 1. The molecule has 29 heavy (non-hydrogen) atoms. The first kappa shape index (κ1) is 19.3. The Hall–Kier alpha value is -3.06. The van der Waals surface area contributed by atoms with E-state index in [0.29, 0.717) is 16.7 Å². The van der Waals surface area contributed by atoms with Gasteiger partial charge in [0.1, 0.15) is 5.75 Å². The number of carbonyl (C=O) groups excluding carboxylic acids is 1. The van der Waals surface area contributed by atoms with E-state index in [0.717, 1.165) is 33.5 Å². The average molecular weight is 407 g/mol. The van der Waals surface area contributed by atoms with Crippen LogP contribution < -0.4 is 4.74 Å². The van der Waals surface area contributed by atoms with E-state index in [-0.39, 0.29) is 18.1 Å². The summed E-state index contributed by atoms with van der Waals surface area (Å²) in [5, 5.41) is 9.32. The number of fused-ring (bicyclic) bond motifs is 1. The molecule has 0 aliphatic rings. The summed E-state index contributed by atoms with van der Waals surface area (Å²) in [7, 11) is 0. The summed E-state index contributed by atoms with van der Waals surface area (Å²) in [6, 6.07) is 13.8. The minimum atomic E-state index is 0.0244. The fourth-order valence-corrected chi connectivity index (χ4v) is 3.85. The van der Waals surface area contributed by atoms with Crippen LogP contribution in [0.1, 0.15) is 33.1 Å². The van der Waals surface area contributed by atoms with Crippen LogP contribution in [0, 0.1) is 20.8 Å². The first-order chi connectivity index (χ1) is 14.0. The van der Waals surface area contributed by atoms with Gasteiger partial charge < -0.3 is 14.1 Å². The summed E-state index contributed by atoms with van der Waals surface area (Å²) in [6.45, 7) is 6.10. The van der Waals surface area contributed by atoms with Gasteiger partial charge in [-0.25, -0.2) is 0 Å². The molecule has 0 atom stereocenters. The highest BCUT2D eigenvalue weighted by molar-refractivity contribution is 7.99. The molecule has 0 amide bonds. The van der Waals surface area contributed by atoms with Crippen LogP contribution in [-0.2, 0) is 6.61 Å². The van der Waals surface area contributed by atoms with E-state index in [1.165, 1.54) is 11.8 Å². The molecule has 0 bridgehead atoms. The summed E-state index contributed by atoms with van der Waals surface area (Å²) in [5.41, 5.74) is 4.71. The Morgan fingerprint density at radius 1 is 1.14 bits per heavy atom. The summed E-state index contributed by atoms with van der Waals surface area (Å²) < 4.78 is 11.4. The number of rotatable bonds is 7. The maximum Gasteiger partial charge on any atom is 0.277 e. The predicted molar refractivity (Wildman–Crippen MR) is 113 cm³/mol. The molecule has 6 nitrogen and oxygen atoms in total. The van der Waals surface area contributed by atoms with Crippen LogP contribution in [0.25, 0.3) is 10.9 Å². The lowest BCUT2D eigenvalue weighted by Crippen LogP contribution is -2.03. The van der Waals surface area contributed by atoms with E-state index in [4.69, 9.17) is 9.15 Å². The van der Waals surface area contributed by atoms with Crippen LogP contribution in [-0.4, -0.2) is 26.7 Å². The number of para-hydroxylation sites is 1. The SMILES string of the molecule is Cc1ccc(C)c(OCc2nnc(SCC(=O)c3c(C)[nH]c4ccccc34)o2)c1. The van der Waals surface area contributed by atoms with E-state index >= 15 is 0 Å². The van der Waals surface area contributed by atoms with Gasteiger partial charge >= 0.3 is 0 Å². The molecule has 0 aliphatic carbocycles. The van der Waals surface area contributed by atoms with Crippen molar-refractivity contribution >= 4 is 28.4 Å². The molecule has 4 rings (SSSR count). The number of hydrogen-bond donors (Lipinski definition) is 1. The monoisotopic (exact) mass is 407 g/mol. The smallest absolute Gasteiger partial charge is 0.277 e. The standard InChI is InChI=1S/C22H21N3O3S/c1-13-8-9-14(2)19(10-13)27-11-20-24-25-22(28-20)29-12-18(26)21-15(3)23-17-7-5-4-6-16(17)21/h4-10,23H,11-12H2,1-3H3. The van der Waals surface area contributed by atoms with Crippen molar-refractivity contribution in [2.75, 3.05) is 5.75 Å². The van der Waals surface area contributed by atoms with E-state index in [9.17, 15) is 4.79 Å². The number of aromatic amines is 1. The Bertz CT molecular complexity index is 1180. The zero-order chi connectivity index (χ0) is 20.4. The number of carbonyl (C=O) groups is 1. The van der Waals surface area contributed by atoms with Crippen molar-refractivity contribution in [2.24, 2.45) is 0 Å². The van der Waals surface area contributed by atoms with Gasteiger partial charge in [0.25, 0.3) is 11.1 Å². The van der Waals surface area contributed by atoms with E-state index < -0.39 is 0 Å². The zero-order valence-corrected chi connectivity index (χ0v) is 17.3. The second-order valence-electron chi connectivity index (χ2n) is 6.90. The number of Topliss-reactive ketones (excluding diaryl/α,β-unsaturated/α-hetero) is 1. The fraction of sp³-hybridized carbons (Fsp3) is 0.227. The molecule has 148 valence electrons. The van der Waals surface area contributed by atoms with Gasteiger partial charge in [-0.2, -0.15) is 0 Å². The number of nitrogens with zero attached hydrogens (tertiary/aromatic N) is 2. The van der Waals surface area contributed by atoms with Crippen LogP contribution in [0.5, 0.6) is 5.75 Å². The Balaban J connectivity index is 1.38. The maximum absolute atomic E-state index is 12.7. The molecule has 2 aromatic carbocycles. The molecule has 1 N–H and O–H groups in total. The third kappa shape index (κ3) is 4.19. The van der Waals surface area contributed by atoms with Crippen molar-refractivity contribution in [3.63, 3.8) is 0 Å². The Morgan fingerprint density at radius 2 is 1.97 bits per heavy atom. The number of ketones is 1. The highest BCUT2D eigenvalue weighted by atomic mass is 32.2. The minimum absolute atomic E-state index is 0.0244. The number of aromatic nitrogens is 3. The van der Waals surface area contributed by atoms with Crippen LogP contribution in [0.3, 0.4) is 0 Å². The Labute approximate surface area is 172 Å². The molecule has 7 heteroatoms. The minimum Gasteiger partial charge on any atom is -0.484 e. The third-order valence-corrected chi connectivity index (χ3v) is 5.46. The Kier molecular flexibility index (Phi) is 5.40. The zero-order valence-electron chi connectivity index (χ0n) is 16.5. The van der Waals surface area contributed by atoms with Gasteiger partial charge in [0.2, 0.25) is 0 Å². The largest absolute Gasteiger partial charge is 0.484 e. The topological polar surface area (TPSA) is 81.0 Å². The lowest BCUT2D eigenvalue weighted by Gasteiger charge is -2.07. The maximum atomic E-state index is 12.7. The van der Waals surface area contributed by atoms with Gasteiger partial charge in [-0.1, -0.05) is 42.1 Å². The molecule has 0 radical (unpaired) electrons. The molecular formula is C22H21N3O3S. The average Bonchev–Trinajstić information content (AvgIpc) is 3.30. The predicted octanol–water partition coefficient (Wildman–Crippen LogP) is 5.03. The van der Waals surface area contributed by atoms with Crippen molar-refractivity contribution < 1.29 is 13.9 Å². The number of thioether (sulfide) groups is 1. The van der Waals surface area contributed by atoms with Gasteiger partial charge in [0, 0.05) is 22.2 Å². The molecule has 0 aliphatic heterocycles. The van der Waals surface area contributed by atoms with E-state index in [2.05, 4.69) is 15.2 Å². The first-order valence-corrected chi connectivity index (χ1v) is 10.3. The highest BCUT2D eigenvalue weighted by Gasteiger charge is 2.17. The van der Waals surface area contributed by atoms with Crippen LogP contribution in [0.15, 0.2) is 52.1 Å². The summed E-state index contributed by atoms with van der Waals surface area (Å²) in [6.07, 6.45) is 0. The van der Waals surface area contributed by atoms with Crippen molar-refractivity contribution in [3.8, 4) is 5.75 Å². The molecule has 0 fully saturated rings. The lowest BCUT2D eigenvalue weighted by molar-refractivity contribution is 0.102. The molecule has 0 spiro atoms. The van der Waals surface area contributed by atoms with Gasteiger partial charge in [0.15, 0.2) is 12.4 Å². The van der Waals surface area contributed by atoms with Gasteiger partial charge in [0.05, 0.1) is 5.75 Å². The molecular weight excluding hydrogens is 386 g/mol. The summed E-state index contributed by atoms with van der Waals surface area (Å²) >= 11 is 1.23. The van der Waals surface area contributed by atoms with Gasteiger partial charge in [-0.15, -0.1) is 10.2 Å². The number of hydrogen-bond acceptors (Lipinski definition) is 6. The molecule has 2 aromatic heterocycles. The molecule has 0 saturated heterocycles. The molecule has 0 saturated carbocycles. The number of H-pyrrole nitrogens is 1. The molecule has 4 aromatic rings. The second kappa shape index (κ2) is 8.13. The molecule has 2 heterocycles. The fourth-order valence-electron chi connectivity index (χ4n) is 3.19.